The Bertz CT molecular complexity index is 1800. The van der Waals surface area contributed by atoms with Crippen molar-refractivity contribution in [2.75, 3.05) is 19.0 Å². The third-order valence-electron chi connectivity index (χ3n) is 7.88. The number of carbonyl (C=O) groups excluding carboxylic acids is 1. The van der Waals surface area contributed by atoms with Gasteiger partial charge in [0.1, 0.15) is 5.75 Å². The van der Waals surface area contributed by atoms with Gasteiger partial charge in [0.15, 0.2) is 0 Å². The van der Waals surface area contributed by atoms with E-state index in [1.54, 1.807) is 47.4 Å². The van der Waals surface area contributed by atoms with Crippen LogP contribution in [0.4, 0.5) is 5.95 Å². The molecule has 4 aromatic rings. The van der Waals surface area contributed by atoms with Crippen LogP contribution in [0.3, 0.4) is 0 Å². The summed E-state index contributed by atoms with van der Waals surface area (Å²) in [7, 11) is 1.44. The Balaban J connectivity index is 1.43. The lowest BCUT2D eigenvalue weighted by molar-refractivity contribution is -0.213. The van der Waals surface area contributed by atoms with Crippen LogP contribution < -0.4 is 20.7 Å². The van der Waals surface area contributed by atoms with Gasteiger partial charge in [0, 0.05) is 36.2 Å². The number of anilines is 1. The number of para-hydroxylation sites is 1. The summed E-state index contributed by atoms with van der Waals surface area (Å²) in [6.07, 6.45) is 0.980. The molecule has 11 heteroatoms. The van der Waals surface area contributed by atoms with Gasteiger partial charge in [-0.1, -0.05) is 53.5 Å². The van der Waals surface area contributed by atoms with E-state index in [2.05, 4.69) is 10.3 Å². The number of ether oxygens (including phenoxy) is 1. The van der Waals surface area contributed by atoms with E-state index < -0.39 is 0 Å². The fourth-order valence-corrected chi connectivity index (χ4v) is 5.89. The Kier molecular flexibility index (Phi) is 7.85. The Labute approximate surface area is 258 Å². The smallest absolute Gasteiger partial charge is 0.263 e. The van der Waals surface area contributed by atoms with Crippen LogP contribution in [0.1, 0.15) is 52.1 Å². The van der Waals surface area contributed by atoms with Crippen molar-refractivity contribution in [3.63, 3.8) is 0 Å². The van der Waals surface area contributed by atoms with Crippen molar-refractivity contribution in [2.45, 2.75) is 38.4 Å². The van der Waals surface area contributed by atoms with Crippen LogP contribution >= 0.6 is 23.2 Å². The molecule has 0 saturated carbocycles. The Morgan fingerprint density at radius 3 is 2.56 bits per heavy atom. The number of nitrogens with zero attached hydrogens (tertiary/aromatic N) is 4. The second-order valence-electron chi connectivity index (χ2n) is 10.6. The summed E-state index contributed by atoms with van der Waals surface area (Å²) in [4.78, 5) is 38.2. The molecule has 1 N–H and O–H groups in total. The highest BCUT2D eigenvalue weighted by molar-refractivity contribution is 6.42. The van der Waals surface area contributed by atoms with Crippen LogP contribution in [-0.4, -0.2) is 46.0 Å². The number of amides is 1. The molecular weight excluding hydrogens is 589 g/mol. The van der Waals surface area contributed by atoms with Crippen LogP contribution in [0.2, 0.25) is 10.0 Å². The predicted octanol–water partition coefficient (Wildman–Crippen LogP) is 4.80. The van der Waals surface area contributed by atoms with E-state index in [9.17, 15) is 14.7 Å². The van der Waals surface area contributed by atoms with Crippen LogP contribution in [0.25, 0.3) is 5.69 Å². The van der Waals surface area contributed by atoms with Crippen molar-refractivity contribution in [2.24, 2.45) is 4.99 Å². The summed E-state index contributed by atoms with van der Waals surface area (Å²) < 4.78 is 7.38. The molecule has 0 aliphatic carbocycles. The van der Waals surface area contributed by atoms with E-state index in [-0.39, 0.29) is 36.0 Å². The maximum Gasteiger partial charge on any atom is 0.263 e. The highest BCUT2D eigenvalue weighted by Gasteiger charge is 2.33. The summed E-state index contributed by atoms with van der Waals surface area (Å²) in [6, 6.07) is 18.8. The Hall–Kier alpha value is -4.34. The molecule has 2 aliphatic rings. The largest absolute Gasteiger partial charge is 0.859 e. The molecule has 0 fully saturated rings. The predicted molar refractivity (Wildman–Crippen MR) is 165 cm³/mol. The van der Waals surface area contributed by atoms with E-state index >= 15 is 0 Å². The zero-order valence-electron chi connectivity index (χ0n) is 23.5. The fourth-order valence-electron chi connectivity index (χ4n) is 5.59. The van der Waals surface area contributed by atoms with Gasteiger partial charge >= 0.3 is 0 Å². The molecule has 2 aliphatic heterocycles. The second kappa shape index (κ2) is 11.7. The number of rotatable bonds is 5. The van der Waals surface area contributed by atoms with Gasteiger partial charge in [-0.05, 0) is 61.2 Å². The molecule has 0 spiro atoms. The number of fused-ring (bicyclic) bond motifs is 2. The molecule has 9 nitrogen and oxygen atoms in total. The molecule has 1 aromatic heterocycles. The van der Waals surface area contributed by atoms with Crippen molar-refractivity contribution in [3.8, 4) is 11.4 Å². The summed E-state index contributed by atoms with van der Waals surface area (Å²) >= 11 is 12.3. The lowest BCUT2D eigenvalue weighted by Gasteiger charge is -2.35. The van der Waals surface area contributed by atoms with Crippen molar-refractivity contribution in [3.05, 3.63) is 115 Å². The zero-order valence-corrected chi connectivity index (χ0v) is 25.0. The van der Waals surface area contributed by atoms with Crippen LogP contribution in [0.15, 0.2) is 76.5 Å². The molecule has 0 radical (unpaired) electrons. The molecule has 3 aromatic carbocycles. The van der Waals surface area contributed by atoms with E-state index in [1.807, 2.05) is 31.2 Å². The van der Waals surface area contributed by atoms with Gasteiger partial charge in [-0.3, -0.25) is 9.59 Å². The van der Waals surface area contributed by atoms with Gasteiger partial charge in [0.05, 0.1) is 40.6 Å². The van der Waals surface area contributed by atoms with E-state index in [1.165, 1.54) is 11.6 Å². The molecular formula is C32H28Cl2N5O4-. The van der Waals surface area contributed by atoms with Crippen molar-refractivity contribution >= 4 is 41.0 Å². The summed E-state index contributed by atoms with van der Waals surface area (Å²) in [5.41, 5.74) is 3.16. The average Bonchev–Trinajstić information content (AvgIpc) is 3.02. The minimum Gasteiger partial charge on any atom is -0.859 e. The number of hydrogen-bond acceptors (Lipinski definition) is 7. The minimum atomic E-state index is -0.347. The van der Waals surface area contributed by atoms with Crippen molar-refractivity contribution in [1.29, 1.82) is 0 Å². The maximum absolute atomic E-state index is 14.2. The van der Waals surface area contributed by atoms with Crippen LogP contribution in [0.5, 0.6) is 5.75 Å². The third-order valence-corrected chi connectivity index (χ3v) is 8.62. The van der Waals surface area contributed by atoms with Crippen molar-refractivity contribution in [1.82, 2.24) is 14.5 Å². The topological polar surface area (TPSA) is 112 Å². The SMILES string of the molecule is CN=C([O-])c1ccc(-n2c(NC3CCOc4ccccc43)nc3c(c2=O)C[C@@H](C)N(C(=O)c2ccc(Cl)c(Cl)c2)C3)cc1. The number of hydrogen-bond donors (Lipinski definition) is 1. The van der Waals surface area contributed by atoms with E-state index in [4.69, 9.17) is 32.9 Å². The molecule has 0 bridgehead atoms. The number of benzene rings is 3. The summed E-state index contributed by atoms with van der Waals surface area (Å²) in [5.74, 6) is 0.537. The second-order valence-corrected chi connectivity index (χ2v) is 11.4. The molecule has 2 atom stereocenters. The molecule has 1 unspecified atom stereocenters. The van der Waals surface area contributed by atoms with Crippen molar-refractivity contribution < 1.29 is 14.6 Å². The van der Waals surface area contributed by atoms with E-state index in [0.717, 1.165) is 11.3 Å². The lowest BCUT2D eigenvalue weighted by atomic mass is 9.98. The number of carbonyl (C=O) groups is 1. The minimum absolute atomic E-state index is 0.149. The average molecular weight is 618 g/mol. The molecule has 220 valence electrons. The summed E-state index contributed by atoms with van der Waals surface area (Å²) in [6.45, 7) is 2.56. The Morgan fingerprint density at radius 1 is 1.07 bits per heavy atom. The first kappa shape index (κ1) is 28.8. The third kappa shape index (κ3) is 5.46. The van der Waals surface area contributed by atoms with Gasteiger partial charge in [-0.2, -0.15) is 0 Å². The lowest BCUT2D eigenvalue weighted by Crippen LogP contribution is -2.46. The number of aromatic nitrogens is 2. The first-order valence-electron chi connectivity index (χ1n) is 13.9. The molecule has 6 rings (SSSR count). The highest BCUT2D eigenvalue weighted by atomic mass is 35.5. The molecule has 1 amide bonds. The van der Waals surface area contributed by atoms with Gasteiger partial charge in [-0.25, -0.2) is 9.55 Å². The van der Waals surface area contributed by atoms with Gasteiger partial charge in [0.2, 0.25) is 5.95 Å². The Morgan fingerprint density at radius 2 is 1.81 bits per heavy atom. The fraction of sp³-hybridized carbons (Fsp3) is 0.250. The van der Waals surface area contributed by atoms with Gasteiger partial charge in [-0.15, -0.1) is 0 Å². The monoisotopic (exact) mass is 616 g/mol. The molecule has 43 heavy (non-hydrogen) atoms. The summed E-state index contributed by atoms with van der Waals surface area (Å²) in [5, 5.41) is 16.3. The van der Waals surface area contributed by atoms with Gasteiger partial charge < -0.3 is 25.1 Å². The van der Waals surface area contributed by atoms with Crippen LogP contribution in [0, 0.1) is 0 Å². The number of aliphatic imine (C=N–C) groups is 1. The first-order valence-corrected chi connectivity index (χ1v) is 14.6. The standard InChI is InChI=1S/C32H29Cl2N5O4/c1-18-15-23-27(17-38(18)30(41)20-9-12-24(33)25(34)16-20)37-32(36-26-13-14-43-28-6-4-3-5-22(26)28)39(31(23)42)21-10-7-19(8-11-21)29(40)35-2/h3-12,16,18,26H,13-15,17H2,1-2H3,(H,35,40)(H,36,37)/p-1/t18-,26?/m1/s1. The molecule has 3 heterocycles. The van der Waals surface area contributed by atoms with Gasteiger partial charge in [0.25, 0.3) is 11.5 Å². The zero-order chi connectivity index (χ0) is 30.2. The first-order chi connectivity index (χ1) is 20.7. The van der Waals surface area contributed by atoms with E-state index in [0.29, 0.717) is 63.5 Å². The number of halogens is 2. The normalized spacial score (nSPS) is 18.0. The molecule has 0 saturated heterocycles. The highest BCUT2D eigenvalue weighted by Crippen LogP contribution is 2.35. The number of nitrogens with one attached hydrogen (secondary N) is 1. The van der Waals surface area contributed by atoms with Crippen LogP contribution in [-0.2, 0) is 13.0 Å². The maximum atomic E-state index is 14.2. The quantitative estimate of drug-likeness (QED) is 0.255.